The Hall–Kier alpha value is -8.31. The van der Waals surface area contributed by atoms with Crippen LogP contribution in [0.15, 0.2) is 121 Å². The Labute approximate surface area is 465 Å². The lowest BCUT2D eigenvalue weighted by Crippen LogP contribution is -2.37. The highest BCUT2D eigenvalue weighted by Gasteiger charge is 2.39. The number of terminal acetylenes is 1. The Morgan fingerprint density at radius 3 is 1.11 bits per heavy atom. The van der Waals surface area contributed by atoms with Crippen LogP contribution in [0.3, 0.4) is 0 Å². The van der Waals surface area contributed by atoms with E-state index in [0.717, 1.165) is 38.9 Å². The van der Waals surface area contributed by atoms with Crippen molar-refractivity contribution in [1.82, 2.24) is 0 Å². The zero-order valence-corrected chi connectivity index (χ0v) is 46.1. The van der Waals surface area contributed by atoms with Gasteiger partial charge in [0.25, 0.3) is 0 Å². The topological polar surface area (TPSA) is 132 Å². The van der Waals surface area contributed by atoms with Gasteiger partial charge >= 0.3 is 29.8 Å². The Morgan fingerprint density at radius 1 is 0.430 bits per heavy atom. The number of esters is 5. The van der Waals surface area contributed by atoms with E-state index in [1.807, 2.05) is 139 Å². The van der Waals surface area contributed by atoms with Gasteiger partial charge in [0, 0.05) is 33.4 Å². The quantitative estimate of drug-likeness (QED) is 0.0608. The van der Waals surface area contributed by atoms with Crippen molar-refractivity contribution in [1.29, 1.82) is 0 Å². The molecule has 3 aliphatic rings. The smallest absolute Gasteiger partial charge is 0.339 e. The van der Waals surface area contributed by atoms with E-state index in [0.29, 0.717) is 94.1 Å². The standard InChI is InChI=1S/C69H68O10/c1-8-47-9-11-48(12-10-47)13-14-49-15-17-50(18-16-49)19-20-51-21-23-52(24-22-51)41-44-69(79-66(74)59-35-39-61(40-36-59)76-63(71)56-27-31-58(32-28-56)65(73)78-68(5,6)7)45-42-54(43-46-69)53-33-37-60(38-34-53)75-62(70)55-25-29-57(30-26-55)64(72)77-67(2,3)4/h1,9-12,15-18,21-24,33-40,54-58H,25-32,42-43,45-46H2,2-7H3. The van der Waals surface area contributed by atoms with Crippen LogP contribution in [0.5, 0.6) is 11.5 Å². The first-order valence-corrected chi connectivity index (χ1v) is 27.4. The van der Waals surface area contributed by atoms with Crippen LogP contribution >= 0.6 is 0 Å². The molecule has 3 aliphatic carbocycles. The van der Waals surface area contributed by atoms with E-state index in [9.17, 15) is 24.0 Å². The highest BCUT2D eigenvalue weighted by atomic mass is 16.6. The first kappa shape index (κ1) is 56.9. The van der Waals surface area contributed by atoms with Gasteiger partial charge in [0.15, 0.2) is 5.60 Å². The van der Waals surface area contributed by atoms with Crippen LogP contribution in [0.4, 0.5) is 0 Å². The maximum Gasteiger partial charge on any atom is 0.339 e. The first-order valence-electron chi connectivity index (χ1n) is 27.4. The molecule has 404 valence electrons. The lowest BCUT2D eigenvalue weighted by Gasteiger charge is -2.36. The molecule has 0 amide bonds. The molecule has 3 fully saturated rings. The van der Waals surface area contributed by atoms with E-state index in [4.69, 9.17) is 30.1 Å². The molecule has 0 spiro atoms. The lowest BCUT2D eigenvalue weighted by molar-refractivity contribution is -0.163. The number of carbonyl (C=O) groups excluding carboxylic acids is 5. The van der Waals surface area contributed by atoms with Crippen molar-refractivity contribution >= 4 is 29.8 Å². The summed E-state index contributed by atoms with van der Waals surface area (Å²) in [4.78, 5) is 65.6. The maximum absolute atomic E-state index is 14.0. The summed E-state index contributed by atoms with van der Waals surface area (Å²) in [5, 5.41) is 0. The van der Waals surface area contributed by atoms with Crippen LogP contribution in [-0.2, 0) is 33.4 Å². The van der Waals surface area contributed by atoms with Crippen molar-refractivity contribution in [2.75, 3.05) is 0 Å². The van der Waals surface area contributed by atoms with Crippen LogP contribution < -0.4 is 9.47 Å². The third-order valence-corrected chi connectivity index (χ3v) is 14.5. The van der Waals surface area contributed by atoms with E-state index >= 15 is 0 Å². The number of ether oxygens (including phenoxy) is 5. The third kappa shape index (κ3) is 16.6. The van der Waals surface area contributed by atoms with E-state index in [-0.39, 0.29) is 53.5 Å². The fourth-order valence-corrected chi connectivity index (χ4v) is 10.1. The molecular weight excluding hydrogens is 989 g/mol. The second-order valence-electron chi connectivity index (χ2n) is 22.9. The minimum Gasteiger partial charge on any atom is -0.460 e. The fourth-order valence-electron chi connectivity index (χ4n) is 10.1. The minimum atomic E-state index is -1.10. The minimum absolute atomic E-state index is 0.141. The normalized spacial score (nSPS) is 20.8. The highest BCUT2D eigenvalue weighted by Crippen LogP contribution is 2.41. The lowest BCUT2D eigenvalue weighted by atomic mass is 9.76. The summed E-state index contributed by atoms with van der Waals surface area (Å²) in [6, 6.07) is 36.9. The summed E-state index contributed by atoms with van der Waals surface area (Å²) in [6.45, 7) is 11.1. The van der Waals surface area contributed by atoms with Crippen molar-refractivity contribution < 1.29 is 47.7 Å². The predicted molar refractivity (Wildman–Crippen MR) is 302 cm³/mol. The molecule has 10 nitrogen and oxygen atoms in total. The van der Waals surface area contributed by atoms with Crippen LogP contribution in [0.1, 0.15) is 174 Å². The van der Waals surface area contributed by atoms with Gasteiger partial charge in [0.1, 0.15) is 22.7 Å². The SMILES string of the molecule is C#Cc1ccc(C#Cc2ccc(C#Cc3ccc(C#CC4(OC(=O)c5ccc(OC(=O)C6CCC(C(=O)OC(C)(C)C)CC6)cc5)CCC(c5ccc(OC(=O)C6CCC(C(=O)OC(C)(C)C)CC6)cc5)CC4)cc3)cc2)cc1. The molecular formula is C69H68O10. The zero-order valence-electron chi connectivity index (χ0n) is 46.1. The molecule has 0 N–H and O–H groups in total. The van der Waals surface area contributed by atoms with E-state index < -0.39 is 22.8 Å². The summed E-state index contributed by atoms with van der Waals surface area (Å²) in [7, 11) is 0. The molecule has 0 bridgehead atoms. The molecule has 0 aliphatic heterocycles. The Bertz CT molecular complexity index is 3220. The number of benzene rings is 5. The molecule has 3 saturated carbocycles. The van der Waals surface area contributed by atoms with Gasteiger partial charge < -0.3 is 23.7 Å². The molecule has 79 heavy (non-hydrogen) atoms. The van der Waals surface area contributed by atoms with Crippen LogP contribution in [-0.4, -0.2) is 46.6 Å². The van der Waals surface area contributed by atoms with Gasteiger partial charge in [-0.25, -0.2) is 4.79 Å². The summed E-state index contributed by atoms with van der Waals surface area (Å²) in [5.74, 6) is 20.3. The molecule has 5 aromatic carbocycles. The van der Waals surface area contributed by atoms with Gasteiger partial charge in [-0.15, -0.1) is 6.42 Å². The highest BCUT2D eigenvalue weighted by molar-refractivity contribution is 5.90. The molecule has 8 rings (SSSR count). The van der Waals surface area contributed by atoms with Crippen molar-refractivity contribution in [2.45, 2.75) is 141 Å². The van der Waals surface area contributed by atoms with Gasteiger partial charge in [-0.3, -0.25) is 19.2 Å². The average molecular weight is 1060 g/mol. The first-order chi connectivity index (χ1) is 37.8. The molecule has 10 heteroatoms. The summed E-state index contributed by atoms with van der Waals surface area (Å²) in [6.07, 6.45) is 12.2. The molecule has 0 atom stereocenters. The number of hydrogen-bond acceptors (Lipinski definition) is 10. The average Bonchev–Trinajstić information content (AvgIpc) is 3.45. The monoisotopic (exact) mass is 1060 g/mol. The van der Waals surface area contributed by atoms with Crippen molar-refractivity contribution in [3.05, 3.63) is 166 Å². The van der Waals surface area contributed by atoms with Crippen molar-refractivity contribution in [3.63, 3.8) is 0 Å². The second kappa shape index (κ2) is 25.4. The van der Waals surface area contributed by atoms with E-state index in [2.05, 4.69) is 41.4 Å². The molecule has 0 radical (unpaired) electrons. The molecule has 0 aromatic heterocycles. The summed E-state index contributed by atoms with van der Waals surface area (Å²) in [5.41, 5.74) is 4.13. The molecule has 0 heterocycles. The van der Waals surface area contributed by atoms with Crippen LogP contribution in [0, 0.1) is 71.5 Å². The van der Waals surface area contributed by atoms with Gasteiger partial charge in [-0.1, -0.05) is 47.7 Å². The van der Waals surface area contributed by atoms with Gasteiger partial charge in [0.05, 0.1) is 29.2 Å². The zero-order chi connectivity index (χ0) is 56.2. The molecule has 0 saturated heterocycles. The molecule has 0 unspecified atom stereocenters. The van der Waals surface area contributed by atoms with Gasteiger partial charge in [-0.05, 0) is 245 Å². The summed E-state index contributed by atoms with van der Waals surface area (Å²) < 4.78 is 29.1. The maximum atomic E-state index is 14.0. The second-order valence-corrected chi connectivity index (χ2v) is 22.9. The third-order valence-electron chi connectivity index (χ3n) is 14.5. The fraction of sp³-hybridized carbons (Fsp3) is 0.377. The Kier molecular flexibility index (Phi) is 18.3. The Balaban J connectivity index is 0.904. The largest absolute Gasteiger partial charge is 0.460 e. The van der Waals surface area contributed by atoms with Crippen LogP contribution in [0.25, 0.3) is 0 Å². The Morgan fingerprint density at radius 2 is 0.759 bits per heavy atom. The molecule has 5 aromatic rings. The van der Waals surface area contributed by atoms with Gasteiger partial charge in [-0.2, -0.15) is 0 Å². The predicted octanol–water partition coefficient (Wildman–Crippen LogP) is 12.9. The number of hydrogen-bond donors (Lipinski definition) is 0. The van der Waals surface area contributed by atoms with Crippen molar-refractivity contribution in [3.8, 4) is 59.4 Å². The number of rotatable bonds is 9. The van der Waals surface area contributed by atoms with E-state index in [1.54, 1.807) is 24.3 Å². The van der Waals surface area contributed by atoms with Crippen molar-refractivity contribution in [2.24, 2.45) is 23.7 Å². The van der Waals surface area contributed by atoms with Crippen LogP contribution in [0.2, 0.25) is 0 Å². The van der Waals surface area contributed by atoms with Gasteiger partial charge in [0.2, 0.25) is 0 Å². The van der Waals surface area contributed by atoms with E-state index in [1.165, 1.54) is 0 Å². The number of carbonyl (C=O) groups is 5. The summed E-state index contributed by atoms with van der Waals surface area (Å²) >= 11 is 0.